The normalized spacial score (nSPS) is 10.7. The maximum Gasteiger partial charge on any atom is 0.0679 e. The van der Waals surface area contributed by atoms with Gasteiger partial charge < -0.3 is 0 Å². The third-order valence-corrected chi connectivity index (χ3v) is 3.20. The summed E-state index contributed by atoms with van der Waals surface area (Å²) in [4.78, 5) is 0. The molecule has 0 bridgehead atoms. The van der Waals surface area contributed by atoms with Crippen molar-refractivity contribution in [3.05, 3.63) is 33.1 Å². The summed E-state index contributed by atoms with van der Waals surface area (Å²) in [5.41, 5.74) is 0. The SMILES string of the molecule is Clc1[c]sc2cc(Br)ccc12. The van der Waals surface area contributed by atoms with Gasteiger partial charge in [-0.1, -0.05) is 33.6 Å². The Kier molecular flexibility index (Phi) is 1.91. The van der Waals surface area contributed by atoms with Crippen molar-refractivity contribution in [2.45, 2.75) is 0 Å². The summed E-state index contributed by atoms with van der Waals surface area (Å²) in [6.07, 6.45) is 0. The third-order valence-electron chi connectivity index (χ3n) is 1.43. The van der Waals surface area contributed by atoms with Gasteiger partial charge >= 0.3 is 0 Å². The molecular formula is C8H3BrClS. The zero-order valence-electron chi connectivity index (χ0n) is 5.40. The molecule has 55 valence electrons. The molecule has 11 heavy (non-hydrogen) atoms. The molecule has 0 unspecified atom stereocenters. The van der Waals surface area contributed by atoms with Gasteiger partial charge in [-0.05, 0) is 12.1 Å². The lowest BCUT2D eigenvalue weighted by Gasteiger charge is -1.90. The number of hydrogen-bond acceptors (Lipinski definition) is 1. The highest BCUT2D eigenvalue weighted by Gasteiger charge is 2.00. The fourth-order valence-electron chi connectivity index (χ4n) is 0.917. The maximum atomic E-state index is 5.86. The molecule has 1 aromatic carbocycles. The van der Waals surface area contributed by atoms with Gasteiger partial charge in [0.2, 0.25) is 0 Å². The molecule has 0 aliphatic carbocycles. The van der Waals surface area contributed by atoms with E-state index in [2.05, 4.69) is 21.3 Å². The van der Waals surface area contributed by atoms with E-state index in [9.17, 15) is 0 Å². The molecule has 1 heterocycles. The minimum atomic E-state index is 0.720. The second-order valence-electron chi connectivity index (χ2n) is 2.16. The lowest BCUT2D eigenvalue weighted by molar-refractivity contribution is 1.77. The largest absolute Gasteiger partial charge is 0.133 e. The van der Waals surface area contributed by atoms with E-state index >= 15 is 0 Å². The lowest BCUT2D eigenvalue weighted by atomic mass is 10.3. The Morgan fingerprint density at radius 3 is 3.09 bits per heavy atom. The molecule has 0 saturated heterocycles. The molecule has 0 nitrogen and oxygen atoms in total. The van der Waals surface area contributed by atoms with Crippen molar-refractivity contribution in [3.63, 3.8) is 0 Å². The molecule has 3 heteroatoms. The van der Waals surface area contributed by atoms with Crippen LogP contribution < -0.4 is 0 Å². The van der Waals surface area contributed by atoms with E-state index in [1.165, 1.54) is 4.70 Å². The smallest absolute Gasteiger partial charge is 0.0679 e. The Hall–Kier alpha value is -0.0500. The Morgan fingerprint density at radius 1 is 1.45 bits per heavy atom. The average Bonchev–Trinajstić information content (AvgIpc) is 2.32. The molecule has 1 radical (unpaired) electrons. The fraction of sp³-hybridized carbons (Fsp3) is 0. The quantitative estimate of drug-likeness (QED) is 0.656. The van der Waals surface area contributed by atoms with Gasteiger partial charge in [-0.2, -0.15) is 0 Å². The van der Waals surface area contributed by atoms with Crippen LogP contribution in [0.5, 0.6) is 0 Å². The molecule has 1 aromatic heterocycles. The zero-order chi connectivity index (χ0) is 7.84. The first kappa shape index (κ1) is 7.59. The topological polar surface area (TPSA) is 0 Å². The van der Waals surface area contributed by atoms with Crippen molar-refractivity contribution in [1.29, 1.82) is 0 Å². The van der Waals surface area contributed by atoms with Crippen LogP contribution in [-0.4, -0.2) is 0 Å². The van der Waals surface area contributed by atoms with Crippen LogP contribution in [0.2, 0.25) is 5.02 Å². The van der Waals surface area contributed by atoms with E-state index in [1.807, 2.05) is 18.2 Å². The summed E-state index contributed by atoms with van der Waals surface area (Å²) >= 11 is 10.8. The van der Waals surface area contributed by atoms with Gasteiger partial charge in [0, 0.05) is 14.6 Å². The summed E-state index contributed by atoms with van der Waals surface area (Å²) in [5, 5.41) is 4.79. The number of halogens is 2. The predicted molar refractivity (Wildman–Crippen MR) is 53.4 cm³/mol. The minimum absolute atomic E-state index is 0.720. The molecule has 0 amide bonds. The molecule has 2 aromatic rings. The van der Waals surface area contributed by atoms with Crippen LogP contribution in [0.1, 0.15) is 0 Å². The number of thiophene rings is 1. The van der Waals surface area contributed by atoms with Gasteiger partial charge in [0.1, 0.15) is 0 Å². The number of hydrogen-bond donors (Lipinski definition) is 0. The standard InChI is InChI=1S/C8H3BrClS/c9-5-1-2-6-7(10)4-11-8(6)3-5/h1-3H. The van der Waals surface area contributed by atoms with Gasteiger partial charge in [-0.25, -0.2) is 0 Å². The number of benzene rings is 1. The molecule has 0 saturated carbocycles. The van der Waals surface area contributed by atoms with Gasteiger partial charge in [-0.15, -0.1) is 11.3 Å². The van der Waals surface area contributed by atoms with Crippen LogP contribution in [0.25, 0.3) is 10.1 Å². The van der Waals surface area contributed by atoms with Crippen molar-refractivity contribution in [3.8, 4) is 0 Å². The third kappa shape index (κ3) is 1.31. The van der Waals surface area contributed by atoms with Gasteiger partial charge in [0.15, 0.2) is 0 Å². The van der Waals surface area contributed by atoms with E-state index < -0.39 is 0 Å². The van der Waals surface area contributed by atoms with Crippen molar-refractivity contribution in [2.75, 3.05) is 0 Å². The Morgan fingerprint density at radius 2 is 2.27 bits per heavy atom. The highest BCUT2D eigenvalue weighted by molar-refractivity contribution is 9.10. The second kappa shape index (κ2) is 2.77. The van der Waals surface area contributed by atoms with Crippen LogP contribution in [0.4, 0.5) is 0 Å². The number of rotatable bonds is 0. The molecule has 0 spiro atoms. The Balaban J connectivity index is 2.86. The Labute approximate surface area is 81.9 Å². The summed E-state index contributed by atoms with van der Waals surface area (Å²) in [6, 6.07) is 6.02. The average molecular weight is 247 g/mol. The molecule has 0 fully saturated rings. The zero-order valence-corrected chi connectivity index (χ0v) is 8.55. The van der Waals surface area contributed by atoms with Gasteiger partial charge in [0.25, 0.3) is 0 Å². The van der Waals surface area contributed by atoms with Crippen LogP contribution in [0.15, 0.2) is 22.7 Å². The molecule has 0 N–H and O–H groups in total. The second-order valence-corrected chi connectivity index (χ2v) is 4.30. The predicted octanol–water partition coefficient (Wildman–Crippen LogP) is 4.12. The van der Waals surface area contributed by atoms with Crippen LogP contribution in [0, 0.1) is 5.38 Å². The van der Waals surface area contributed by atoms with E-state index in [0.717, 1.165) is 14.9 Å². The van der Waals surface area contributed by atoms with Gasteiger partial charge in [-0.3, -0.25) is 0 Å². The van der Waals surface area contributed by atoms with E-state index in [1.54, 1.807) is 11.3 Å². The first-order valence-corrected chi connectivity index (χ1v) is 5.01. The van der Waals surface area contributed by atoms with Crippen molar-refractivity contribution >= 4 is 49.0 Å². The van der Waals surface area contributed by atoms with Crippen LogP contribution in [-0.2, 0) is 0 Å². The molecule has 0 aliphatic heterocycles. The van der Waals surface area contributed by atoms with Crippen molar-refractivity contribution in [2.24, 2.45) is 0 Å². The fourth-order valence-corrected chi connectivity index (χ4v) is 2.54. The molecule has 2 rings (SSSR count). The highest BCUT2D eigenvalue weighted by atomic mass is 79.9. The van der Waals surface area contributed by atoms with Crippen LogP contribution in [0.3, 0.4) is 0 Å². The van der Waals surface area contributed by atoms with Crippen molar-refractivity contribution < 1.29 is 0 Å². The first-order chi connectivity index (χ1) is 5.27. The molecule has 0 aliphatic rings. The van der Waals surface area contributed by atoms with Crippen molar-refractivity contribution in [1.82, 2.24) is 0 Å². The first-order valence-electron chi connectivity index (χ1n) is 3.02. The minimum Gasteiger partial charge on any atom is -0.133 e. The van der Waals surface area contributed by atoms with E-state index in [0.29, 0.717) is 0 Å². The highest BCUT2D eigenvalue weighted by Crippen LogP contribution is 2.30. The van der Waals surface area contributed by atoms with Gasteiger partial charge in [0.05, 0.1) is 10.4 Å². The summed E-state index contributed by atoms with van der Waals surface area (Å²) in [5.74, 6) is 0. The summed E-state index contributed by atoms with van der Waals surface area (Å²) in [6.45, 7) is 0. The van der Waals surface area contributed by atoms with E-state index in [4.69, 9.17) is 11.6 Å². The maximum absolute atomic E-state index is 5.86. The Bertz CT molecular complexity index is 394. The van der Waals surface area contributed by atoms with E-state index in [-0.39, 0.29) is 0 Å². The summed E-state index contributed by atoms with van der Waals surface area (Å²) in [7, 11) is 0. The monoisotopic (exact) mass is 245 g/mol. The lowest BCUT2D eigenvalue weighted by Crippen LogP contribution is -1.63. The van der Waals surface area contributed by atoms with Crippen LogP contribution >= 0.6 is 38.9 Å². The molecule has 0 atom stereocenters. The summed E-state index contributed by atoms with van der Waals surface area (Å²) < 4.78 is 2.25. The molecular weight excluding hydrogens is 244 g/mol. The number of fused-ring (bicyclic) bond motifs is 1.